The van der Waals surface area contributed by atoms with Crippen molar-refractivity contribution in [2.45, 2.75) is 38.0 Å². The summed E-state index contributed by atoms with van der Waals surface area (Å²) >= 11 is 5.81. The van der Waals surface area contributed by atoms with Crippen molar-refractivity contribution in [2.75, 3.05) is 6.54 Å². The standard InChI is InChI=1S/C19H16ClF6N5O/c20-31-4-3-27-16(17(31)32)29-5-6-30-13(9-28-15(30)10-29)7-11-1-2-12(18(21,22)23)8-14(11)19(24,25)26/h1-4,8-9,16,27H,5-7,10H2. The molecule has 6 nitrogen and oxygen atoms in total. The number of nitrogens with one attached hydrogen (secondary N) is 1. The van der Waals surface area contributed by atoms with E-state index in [1.54, 1.807) is 9.47 Å². The second-order valence-electron chi connectivity index (χ2n) is 7.37. The van der Waals surface area contributed by atoms with E-state index in [4.69, 9.17) is 11.8 Å². The lowest BCUT2D eigenvalue weighted by Crippen LogP contribution is -2.56. The molecule has 0 spiro atoms. The van der Waals surface area contributed by atoms with Gasteiger partial charge < -0.3 is 9.88 Å². The van der Waals surface area contributed by atoms with Crippen LogP contribution in [0.5, 0.6) is 0 Å². The first-order valence-corrected chi connectivity index (χ1v) is 9.75. The Morgan fingerprint density at radius 1 is 1.12 bits per heavy atom. The molecule has 0 aliphatic carbocycles. The van der Waals surface area contributed by atoms with Gasteiger partial charge in [0.15, 0.2) is 6.17 Å². The second-order valence-corrected chi connectivity index (χ2v) is 7.73. The van der Waals surface area contributed by atoms with Gasteiger partial charge in [0, 0.05) is 55.6 Å². The highest BCUT2D eigenvalue weighted by Crippen LogP contribution is 2.38. The Bertz CT molecular complexity index is 1060. The summed E-state index contributed by atoms with van der Waals surface area (Å²) in [6.45, 7) is 0.961. The molecule has 1 aromatic carbocycles. The summed E-state index contributed by atoms with van der Waals surface area (Å²) in [6, 6.07) is 1.63. The van der Waals surface area contributed by atoms with E-state index in [2.05, 4.69) is 10.3 Å². The molecule has 0 saturated carbocycles. The van der Waals surface area contributed by atoms with Gasteiger partial charge in [0.2, 0.25) is 0 Å². The lowest BCUT2D eigenvalue weighted by Gasteiger charge is -2.36. The molecule has 2 aromatic rings. The van der Waals surface area contributed by atoms with Gasteiger partial charge in [-0.15, -0.1) is 0 Å². The van der Waals surface area contributed by atoms with Crippen LogP contribution in [0.2, 0.25) is 0 Å². The molecule has 1 aromatic heterocycles. The van der Waals surface area contributed by atoms with Gasteiger partial charge in [0.25, 0.3) is 5.91 Å². The maximum atomic E-state index is 13.5. The third kappa shape index (κ3) is 4.29. The van der Waals surface area contributed by atoms with Gasteiger partial charge in [-0.1, -0.05) is 6.07 Å². The molecule has 32 heavy (non-hydrogen) atoms. The lowest BCUT2D eigenvalue weighted by atomic mass is 9.99. The Kier molecular flexibility index (Phi) is 5.61. The van der Waals surface area contributed by atoms with Gasteiger partial charge >= 0.3 is 12.4 Å². The highest BCUT2D eigenvalue weighted by atomic mass is 35.5. The molecule has 2 aliphatic rings. The zero-order valence-electron chi connectivity index (χ0n) is 16.2. The van der Waals surface area contributed by atoms with E-state index in [1.165, 1.54) is 18.6 Å². The van der Waals surface area contributed by atoms with E-state index >= 15 is 0 Å². The van der Waals surface area contributed by atoms with Crippen molar-refractivity contribution in [3.05, 3.63) is 65.0 Å². The van der Waals surface area contributed by atoms with Gasteiger partial charge in [-0.05, 0) is 17.7 Å². The lowest BCUT2D eigenvalue weighted by molar-refractivity contribution is -0.143. The quantitative estimate of drug-likeness (QED) is 0.539. The molecule has 3 heterocycles. The molecule has 1 amide bonds. The van der Waals surface area contributed by atoms with Crippen LogP contribution < -0.4 is 5.32 Å². The van der Waals surface area contributed by atoms with Crippen molar-refractivity contribution in [1.82, 2.24) is 24.2 Å². The average molecular weight is 480 g/mol. The fourth-order valence-electron chi connectivity index (χ4n) is 3.79. The topological polar surface area (TPSA) is 53.4 Å². The number of hydrogen-bond donors (Lipinski definition) is 1. The zero-order valence-corrected chi connectivity index (χ0v) is 17.0. The summed E-state index contributed by atoms with van der Waals surface area (Å²) in [5.74, 6) is 0.144. The van der Waals surface area contributed by atoms with Gasteiger partial charge in [-0.2, -0.15) is 26.3 Å². The molecule has 1 N–H and O–H groups in total. The molecular formula is C19H16ClF6N5O. The molecule has 1 atom stereocenters. The number of aromatic nitrogens is 2. The molecule has 0 fully saturated rings. The SMILES string of the molecule is O=C1C(N2CCn3c(Cc4ccc(C(F)(F)F)cc4C(F)(F)F)cnc3C2)NC=CN1Cl. The normalized spacial score (nSPS) is 19.8. The predicted molar refractivity (Wildman–Crippen MR) is 101 cm³/mol. The van der Waals surface area contributed by atoms with Crippen molar-refractivity contribution in [3.8, 4) is 0 Å². The van der Waals surface area contributed by atoms with Crippen molar-refractivity contribution >= 4 is 17.7 Å². The third-order valence-corrected chi connectivity index (χ3v) is 5.64. The van der Waals surface area contributed by atoms with Gasteiger partial charge in [0.1, 0.15) is 5.82 Å². The van der Waals surface area contributed by atoms with E-state index in [1.807, 2.05) is 0 Å². The minimum atomic E-state index is -4.94. The van der Waals surface area contributed by atoms with Crippen molar-refractivity contribution < 1.29 is 31.1 Å². The number of benzene rings is 1. The fourth-order valence-corrected chi connectivity index (χ4v) is 3.94. The largest absolute Gasteiger partial charge is 0.416 e. The van der Waals surface area contributed by atoms with Crippen LogP contribution in [0.1, 0.15) is 28.2 Å². The van der Waals surface area contributed by atoms with Crippen LogP contribution in [-0.2, 0) is 36.7 Å². The van der Waals surface area contributed by atoms with Crippen LogP contribution in [0.15, 0.2) is 36.8 Å². The Balaban J connectivity index is 1.58. The van der Waals surface area contributed by atoms with Crippen LogP contribution in [-0.4, -0.2) is 37.5 Å². The Morgan fingerprint density at radius 2 is 1.88 bits per heavy atom. The van der Waals surface area contributed by atoms with Gasteiger partial charge in [-0.25, -0.2) is 9.40 Å². The van der Waals surface area contributed by atoms with Crippen LogP contribution in [0, 0.1) is 0 Å². The van der Waals surface area contributed by atoms with E-state index in [9.17, 15) is 31.1 Å². The molecule has 0 bridgehead atoms. The fraction of sp³-hybridized carbons (Fsp3) is 0.368. The van der Waals surface area contributed by atoms with Gasteiger partial charge in [0.05, 0.1) is 17.7 Å². The van der Waals surface area contributed by atoms with Crippen molar-refractivity contribution in [2.24, 2.45) is 0 Å². The van der Waals surface area contributed by atoms with Crippen molar-refractivity contribution in [1.29, 1.82) is 0 Å². The Morgan fingerprint density at radius 3 is 2.56 bits per heavy atom. The van der Waals surface area contributed by atoms with E-state index in [-0.39, 0.29) is 30.5 Å². The second kappa shape index (κ2) is 8.00. The number of rotatable bonds is 3. The first kappa shape index (κ1) is 22.5. The molecule has 4 rings (SSSR count). The summed E-state index contributed by atoms with van der Waals surface area (Å²) in [6.07, 6.45) is -6.47. The zero-order chi connectivity index (χ0) is 23.3. The van der Waals surface area contributed by atoms with Crippen LogP contribution in [0.3, 0.4) is 0 Å². The maximum absolute atomic E-state index is 13.5. The number of carbonyl (C=O) groups excluding carboxylic acids is 1. The predicted octanol–water partition coefficient (Wildman–Crippen LogP) is 3.71. The molecule has 172 valence electrons. The maximum Gasteiger partial charge on any atom is 0.416 e. The smallest absolute Gasteiger partial charge is 0.367 e. The van der Waals surface area contributed by atoms with E-state index < -0.39 is 29.6 Å². The summed E-state index contributed by atoms with van der Waals surface area (Å²) in [7, 11) is 0. The minimum Gasteiger partial charge on any atom is -0.367 e. The highest BCUT2D eigenvalue weighted by molar-refractivity contribution is 6.22. The average Bonchev–Trinajstić information content (AvgIpc) is 3.10. The number of alkyl halides is 6. The summed E-state index contributed by atoms with van der Waals surface area (Å²) in [4.78, 5) is 18.3. The first-order valence-electron chi connectivity index (χ1n) is 9.41. The minimum absolute atomic E-state index is 0.135. The molecular weight excluding hydrogens is 464 g/mol. The molecule has 1 unspecified atom stereocenters. The first-order chi connectivity index (χ1) is 14.9. The number of amides is 1. The third-order valence-electron chi connectivity index (χ3n) is 5.36. The Hall–Kier alpha value is -2.73. The monoisotopic (exact) mass is 479 g/mol. The number of nitrogens with zero attached hydrogens (tertiary/aromatic N) is 4. The summed E-state index contributed by atoms with van der Waals surface area (Å²) in [5, 5.41) is 2.90. The molecule has 2 aliphatic heterocycles. The summed E-state index contributed by atoms with van der Waals surface area (Å²) in [5.41, 5.74) is -2.52. The van der Waals surface area contributed by atoms with Gasteiger partial charge in [-0.3, -0.25) is 9.69 Å². The number of halogens is 7. The highest BCUT2D eigenvalue weighted by Gasteiger charge is 2.38. The van der Waals surface area contributed by atoms with Crippen LogP contribution in [0.4, 0.5) is 26.3 Å². The number of fused-ring (bicyclic) bond motifs is 1. The summed E-state index contributed by atoms with van der Waals surface area (Å²) < 4.78 is 81.7. The van der Waals surface area contributed by atoms with E-state index in [0.717, 1.165) is 10.5 Å². The molecule has 0 radical (unpaired) electrons. The number of carbonyl (C=O) groups is 1. The molecule has 13 heteroatoms. The Labute approximate surface area is 183 Å². The van der Waals surface area contributed by atoms with Crippen LogP contribution >= 0.6 is 11.8 Å². The van der Waals surface area contributed by atoms with Crippen LogP contribution in [0.25, 0.3) is 0 Å². The van der Waals surface area contributed by atoms with Crippen molar-refractivity contribution in [3.63, 3.8) is 0 Å². The van der Waals surface area contributed by atoms with E-state index in [0.29, 0.717) is 30.7 Å². The molecule has 0 saturated heterocycles. The number of imidazole rings is 1. The number of hydrogen-bond acceptors (Lipinski definition) is 4.